The van der Waals surface area contributed by atoms with Gasteiger partial charge in [0.1, 0.15) is 5.75 Å². The first-order valence-corrected chi connectivity index (χ1v) is 12.5. The summed E-state index contributed by atoms with van der Waals surface area (Å²) in [6.07, 6.45) is 15.7. The number of nitrogens with zero attached hydrogens (tertiary/aromatic N) is 1. The Morgan fingerprint density at radius 3 is 2.73 bits per heavy atom. The number of rotatable bonds is 4. The minimum Gasteiger partial charge on any atom is -0.492 e. The Bertz CT molecular complexity index is 774. The van der Waals surface area contributed by atoms with Crippen molar-refractivity contribution in [2.45, 2.75) is 85.7 Å². The van der Waals surface area contributed by atoms with Crippen molar-refractivity contribution < 1.29 is 9.47 Å². The number of hydrogen-bond donors (Lipinski definition) is 0. The number of fused-ring (bicyclic) bond motifs is 5. The summed E-state index contributed by atoms with van der Waals surface area (Å²) in [6, 6.07) is 2.22. The third kappa shape index (κ3) is 3.42. The first-order valence-electron chi connectivity index (χ1n) is 12.5. The molecule has 2 heterocycles. The third-order valence-corrected chi connectivity index (χ3v) is 8.82. The molecule has 5 unspecified atom stereocenters. The Balaban J connectivity index is 0.00000106. The Morgan fingerprint density at radius 2 is 1.93 bits per heavy atom. The van der Waals surface area contributed by atoms with E-state index >= 15 is 0 Å². The zero-order chi connectivity index (χ0) is 21.4. The summed E-state index contributed by atoms with van der Waals surface area (Å²) >= 11 is 0. The van der Waals surface area contributed by atoms with E-state index in [2.05, 4.69) is 37.9 Å². The highest BCUT2D eigenvalue weighted by molar-refractivity contribution is 5.73. The molecule has 1 aliphatic heterocycles. The molecule has 1 aromatic rings. The van der Waals surface area contributed by atoms with Crippen LogP contribution in [-0.4, -0.2) is 24.3 Å². The van der Waals surface area contributed by atoms with Crippen LogP contribution >= 0.6 is 0 Å². The maximum Gasteiger partial charge on any atom is 0.138 e. The summed E-state index contributed by atoms with van der Waals surface area (Å²) in [5.41, 5.74) is 3.51. The zero-order valence-electron chi connectivity index (χ0n) is 19.7. The molecule has 0 spiro atoms. The van der Waals surface area contributed by atoms with Crippen molar-refractivity contribution in [3.63, 3.8) is 0 Å². The predicted molar refractivity (Wildman–Crippen MR) is 123 cm³/mol. The van der Waals surface area contributed by atoms with Crippen molar-refractivity contribution in [1.82, 2.24) is 4.98 Å². The highest BCUT2D eigenvalue weighted by atomic mass is 16.5. The number of allylic oxidation sites excluding steroid dienone is 2. The lowest BCUT2D eigenvalue weighted by Gasteiger charge is -2.56. The Kier molecular flexibility index (Phi) is 6.30. The largest absolute Gasteiger partial charge is 0.492 e. The van der Waals surface area contributed by atoms with E-state index in [1.54, 1.807) is 0 Å². The first-order chi connectivity index (χ1) is 14.6. The molecule has 3 nitrogen and oxygen atoms in total. The Hall–Kier alpha value is -1.35. The second-order valence-corrected chi connectivity index (χ2v) is 10.1. The highest BCUT2D eigenvalue weighted by Crippen LogP contribution is 2.66. The normalized spacial score (nSPS) is 39.2. The smallest absolute Gasteiger partial charge is 0.138 e. The van der Waals surface area contributed by atoms with E-state index in [1.807, 2.05) is 26.2 Å². The van der Waals surface area contributed by atoms with Crippen LogP contribution in [0.2, 0.25) is 0 Å². The van der Waals surface area contributed by atoms with Gasteiger partial charge in [-0.2, -0.15) is 0 Å². The topological polar surface area (TPSA) is 31.4 Å². The molecule has 3 aliphatic carbocycles. The van der Waals surface area contributed by atoms with E-state index in [0.717, 1.165) is 43.1 Å². The summed E-state index contributed by atoms with van der Waals surface area (Å²) in [6.45, 7) is 12.9. The second-order valence-electron chi connectivity index (χ2n) is 10.1. The number of aromatic nitrogens is 1. The summed E-state index contributed by atoms with van der Waals surface area (Å²) in [7, 11) is 0. The summed E-state index contributed by atoms with van der Waals surface area (Å²) in [4.78, 5) is 4.50. The molecule has 2 saturated carbocycles. The molecule has 3 fully saturated rings. The van der Waals surface area contributed by atoms with Crippen LogP contribution in [0.4, 0.5) is 0 Å². The van der Waals surface area contributed by atoms with Crippen molar-refractivity contribution in [1.29, 1.82) is 0 Å². The van der Waals surface area contributed by atoms with E-state index in [-0.39, 0.29) is 5.41 Å². The fourth-order valence-corrected chi connectivity index (χ4v) is 7.34. The molecule has 0 bridgehead atoms. The van der Waals surface area contributed by atoms with Crippen LogP contribution in [0.3, 0.4) is 0 Å². The molecular formula is C27H41NO2. The number of hydrogen-bond acceptors (Lipinski definition) is 3. The van der Waals surface area contributed by atoms with E-state index in [0.29, 0.717) is 11.5 Å². The lowest BCUT2D eigenvalue weighted by Crippen LogP contribution is -2.51. The van der Waals surface area contributed by atoms with Gasteiger partial charge in [0.25, 0.3) is 0 Å². The molecule has 0 N–H and O–H groups in total. The Labute approximate surface area is 183 Å². The number of ether oxygens (including phenoxy) is 2. The lowest BCUT2D eigenvalue weighted by atomic mass is 9.48. The summed E-state index contributed by atoms with van der Waals surface area (Å²) < 4.78 is 12.0. The monoisotopic (exact) mass is 411 g/mol. The molecule has 1 aromatic heterocycles. The fraction of sp³-hybridized carbons (Fsp3) is 0.741. The molecule has 3 heteroatoms. The fourth-order valence-electron chi connectivity index (χ4n) is 7.34. The van der Waals surface area contributed by atoms with Gasteiger partial charge in [-0.3, -0.25) is 4.98 Å². The van der Waals surface area contributed by atoms with Gasteiger partial charge in [-0.05, 0) is 90.7 Å². The van der Waals surface area contributed by atoms with Gasteiger partial charge in [-0.25, -0.2) is 0 Å². The SMILES string of the molecule is CC.CCCOc1cncc(C2=CC[C@H]3C4CCC5OCCC5(C)C4CCC23C)c1. The molecule has 1 saturated heterocycles. The van der Waals surface area contributed by atoms with Gasteiger partial charge in [0, 0.05) is 12.8 Å². The van der Waals surface area contributed by atoms with Crippen molar-refractivity contribution in [2.75, 3.05) is 13.2 Å². The van der Waals surface area contributed by atoms with E-state index in [9.17, 15) is 0 Å². The molecule has 6 atom stereocenters. The summed E-state index contributed by atoms with van der Waals surface area (Å²) in [5, 5.41) is 0. The van der Waals surface area contributed by atoms with E-state index in [1.165, 1.54) is 49.7 Å². The predicted octanol–water partition coefficient (Wildman–Crippen LogP) is 6.92. The maximum atomic E-state index is 6.15. The highest BCUT2D eigenvalue weighted by Gasteiger charge is 2.59. The maximum absolute atomic E-state index is 6.15. The summed E-state index contributed by atoms with van der Waals surface area (Å²) in [5.74, 6) is 3.39. The average Bonchev–Trinajstić information content (AvgIpc) is 3.33. The average molecular weight is 412 g/mol. The molecule has 0 radical (unpaired) electrons. The molecule has 166 valence electrons. The van der Waals surface area contributed by atoms with Crippen LogP contribution < -0.4 is 4.74 Å². The van der Waals surface area contributed by atoms with Gasteiger partial charge in [-0.15, -0.1) is 0 Å². The van der Waals surface area contributed by atoms with Crippen LogP contribution in [0.5, 0.6) is 5.75 Å². The van der Waals surface area contributed by atoms with E-state index in [4.69, 9.17) is 9.47 Å². The number of pyridine rings is 1. The molecule has 4 aliphatic rings. The zero-order valence-corrected chi connectivity index (χ0v) is 19.7. The minimum atomic E-state index is 0.287. The van der Waals surface area contributed by atoms with Crippen LogP contribution in [0, 0.1) is 28.6 Å². The molecular weight excluding hydrogens is 370 g/mol. The Morgan fingerprint density at radius 1 is 1.10 bits per heavy atom. The molecule has 5 rings (SSSR count). The van der Waals surface area contributed by atoms with Gasteiger partial charge in [0.05, 0.1) is 18.9 Å². The van der Waals surface area contributed by atoms with Crippen LogP contribution in [0.25, 0.3) is 5.57 Å². The van der Waals surface area contributed by atoms with Gasteiger partial charge in [0.2, 0.25) is 0 Å². The molecule has 0 aromatic carbocycles. The van der Waals surface area contributed by atoms with Crippen LogP contribution in [0.15, 0.2) is 24.5 Å². The van der Waals surface area contributed by atoms with Gasteiger partial charge >= 0.3 is 0 Å². The van der Waals surface area contributed by atoms with Crippen LogP contribution in [-0.2, 0) is 4.74 Å². The van der Waals surface area contributed by atoms with Gasteiger partial charge in [-0.1, -0.05) is 40.7 Å². The van der Waals surface area contributed by atoms with Gasteiger partial charge in [0.15, 0.2) is 0 Å². The molecule has 30 heavy (non-hydrogen) atoms. The van der Waals surface area contributed by atoms with Crippen molar-refractivity contribution in [3.05, 3.63) is 30.1 Å². The minimum absolute atomic E-state index is 0.287. The van der Waals surface area contributed by atoms with Crippen molar-refractivity contribution >= 4 is 5.57 Å². The van der Waals surface area contributed by atoms with Crippen LogP contribution in [0.1, 0.15) is 85.1 Å². The second kappa shape index (κ2) is 8.65. The van der Waals surface area contributed by atoms with Gasteiger partial charge < -0.3 is 9.47 Å². The standard InChI is InChI=1S/C25H35NO2.C2H6/c1-4-12-27-18-14-17(15-26-16-18)20-6-7-21-19-5-8-23-25(3,11-13-28-23)22(19)9-10-24(20,21)2;1-2/h6,14-16,19,21-23H,4-5,7-13H2,1-3H3;1-2H3/t19?,21-,22?,23?,24?,25?;/m0./s1. The van der Waals surface area contributed by atoms with Crippen molar-refractivity contribution in [2.24, 2.45) is 28.6 Å². The molecule has 0 amide bonds. The van der Waals surface area contributed by atoms with Crippen molar-refractivity contribution in [3.8, 4) is 5.75 Å². The quantitative estimate of drug-likeness (QED) is 0.539. The third-order valence-electron chi connectivity index (χ3n) is 8.82. The lowest BCUT2D eigenvalue weighted by molar-refractivity contribution is -0.0889. The first kappa shape index (κ1) is 21.9. The van der Waals surface area contributed by atoms with E-state index < -0.39 is 0 Å².